The number of rotatable bonds is 7. The molecule has 1 amide bonds. The summed E-state index contributed by atoms with van der Waals surface area (Å²) < 4.78 is 29.6. The van der Waals surface area contributed by atoms with Crippen molar-refractivity contribution in [3.05, 3.63) is 29.8 Å². The molecule has 1 saturated heterocycles. The van der Waals surface area contributed by atoms with Gasteiger partial charge in [0.05, 0.1) is 6.54 Å². The van der Waals surface area contributed by atoms with Crippen LogP contribution in [-0.2, 0) is 11.3 Å². The molecule has 9 heteroatoms. The van der Waals surface area contributed by atoms with Crippen LogP contribution in [0.3, 0.4) is 0 Å². The van der Waals surface area contributed by atoms with Gasteiger partial charge in [-0.2, -0.15) is 8.78 Å². The van der Waals surface area contributed by atoms with Gasteiger partial charge in [-0.05, 0) is 19.4 Å². The van der Waals surface area contributed by atoms with E-state index in [4.69, 9.17) is 0 Å². The number of benzene rings is 1. The molecule has 0 bridgehead atoms. The van der Waals surface area contributed by atoms with Crippen LogP contribution in [-0.4, -0.2) is 49.1 Å². The third kappa shape index (κ3) is 7.40. The Morgan fingerprint density at radius 3 is 2.71 bits per heavy atom. The summed E-state index contributed by atoms with van der Waals surface area (Å²) in [4.78, 5) is 18.5. The van der Waals surface area contributed by atoms with Gasteiger partial charge in [0.2, 0.25) is 5.91 Å². The number of carbonyl (C=O) groups is 1. The van der Waals surface area contributed by atoms with Gasteiger partial charge < -0.3 is 20.3 Å². The number of para-hydroxylation sites is 1. The molecule has 2 N–H and O–H groups in total. The maximum Gasteiger partial charge on any atom is 0.387 e. The summed E-state index contributed by atoms with van der Waals surface area (Å²) in [5.41, 5.74) is 0.582. The highest BCUT2D eigenvalue weighted by molar-refractivity contribution is 14.0. The minimum Gasteiger partial charge on any atom is -0.434 e. The molecule has 0 spiro atoms. The minimum atomic E-state index is -2.87. The number of nitrogens with one attached hydrogen (secondary N) is 2. The molecule has 0 radical (unpaired) electrons. The van der Waals surface area contributed by atoms with Crippen LogP contribution in [0.25, 0.3) is 0 Å². The molecule has 0 aromatic heterocycles. The number of halogens is 3. The van der Waals surface area contributed by atoms with E-state index in [0.717, 1.165) is 13.0 Å². The number of carbonyl (C=O) groups excluding carboxylic acids is 1. The van der Waals surface area contributed by atoms with Crippen LogP contribution in [0.4, 0.5) is 8.78 Å². The number of nitrogens with zero attached hydrogens (tertiary/aromatic N) is 2. The Morgan fingerprint density at radius 2 is 2.07 bits per heavy atom. The summed E-state index contributed by atoms with van der Waals surface area (Å²) in [6.07, 6.45) is 0.841. The Morgan fingerprint density at radius 1 is 1.36 bits per heavy atom. The Labute approximate surface area is 182 Å². The van der Waals surface area contributed by atoms with Gasteiger partial charge in [-0.1, -0.05) is 32.0 Å². The van der Waals surface area contributed by atoms with E-state index in [1.165, 1.54) is 6.07 Å². The van der Waals surface area contributed by atoms with Crippen LogP contribution in [0.1, 0.15) is 32.8 Å². The lowest BCUT2D eigenvalue weighted by Gasteiger charge is -2.20. The zero-order valence-corrected chi connectivity index (χ0v) is 18.8. The quantitative estimate of drug-likeness (QED) is 0.336. The number of ether oxygens (including phenoxy) is 1. The predicted molar refractivity (Wildman–Crippen MR) is 116 cm³/mol. The first-order valence-electron chi connectivity index (χ1n) is 9.27. The van der Waals surface area contributed by atoms with Crippen LogP contribution in [0.5, 0.6) is 5.75 Å². The molecule has 1 atom stereocenters. The molecule has 6 nitrogen and oxygen atoms in total. The average molecular weight is 510 g/mol. The first kappa shape index (κ1) is 24.4. The van der Waals surface area contributed by atoms with Gasteiger partial charge in [-0.15, -0.1) is 24.0 Å². The van der Waals surface area contributed by atoms with Gasteiger partial charge in [0, 0.05) is 37.2 Å². The number of guanidine groups is 1. The average Bonchev–Trinajstić information content (AvgIpc) is 3.08. The molecule has 1 aromatic carbocycles. The highest BCUT2D eigenvalue weighted by Crippen LogP contribution is 2.21. The lowest BCUT2D eigenvalue weighted by molar-refractivity contribution is -0.133. The smallest absolute Gasteiger partial charge is 0.387 e. The van der Waals surface area contributed by atoms with E-state index >= 15 is 0 Å². The summed E-state index contributed by atoms with van der Waals surface area (Å²) in [5.74, 6) is 0.853. The van der Waals surface area contributed by atoms with Gasteiger partial charge >= 0.3 is 6.61 Å². The van der Waals surface area contributed by atoms with Crippen molar-refractivity contribution in [2.24, 2.45) is 10.9 Å². The molecule has 2 rings (SSSR count). The zero-order chi connectivity index (χ0) is 19.8. The fraction of sp³-hybridized carbons (Fsp3) is 0.579. The molecule has 1 aliphatic heterocycles. The van der Waals surface area contributed by atoms with Gasteiger partial charge in [0.15, 0.2) is 5.96 Å². The number of alkyl halides is 2. The fourth-order valence-corrected chi connectivity index (χ4v) is 2.97. The van der Waals surface area contributed by atoms with E-state index < -0.39 is 6.61 Å². The Balaban J connectivity index is 0.00000392. The summed E-state index contributed by atoms with van der Waals surface area (Å²) in [6, 6.07) is 6.73. The molecule has 1 aliphatic rings. The number of hydrogen-bond donors (Lipinski definition) is 2. The van der Waals surface area contributed by atoms with Crippen molar-refractivity contribution >= 4 is 35.8 Å². The second-order valence-electron chi connectivity index (χ2n) is 6.75. The summed E-state index contributed by atoms with van der Waals surface area (Å²) in [6.45, 7) is 5.10. The van der Waals surface area contributed by atoms with E-state index in [1.54, 1.807) is 18.2 Å². The Hall–Kier alpha value is -1.65. The summed E-state index contributed by atoms with van der Waals surface area (Å²) >= 11 is 0. The molecule has 158 valence electrons. The van der Waals surface area contributed by atoms with Crippen LogP contribution in [0.2, 0.25) is 0 Å². The molecule has 0 saturated carbocycles. The molecule has 1 fully saturated rings. The van der Waals surface area contributed by atoms with E-state index in [0.29, 0.717) is 24.6 Å². The third-order valence-corrected chi connectivity index (χ3v) is 4.28. The molecular formula is C19H29F2IN4O2. The van der Waals surface area contributed by atoms with Crippen molar-refractivity contribution in [3.63, 3.8) is 0 Å². The summed E-state index contributed by atoms with van der Waals surface area (Å²) in [7, 11) is 0. The van der Waals surface area contributed by atoms with Gasteiger partial charge in [-0.25, -0.2) is 4.99 Å². The Bertz CT molecular complexity index is 659. The molecular weight excluding hydrogens is 481 g/mol. The van der Waals surface area contributed by atoms with Crippen LogP contribution < -0.4 is 15.4 Å². The normalized spacial score (nSPS) is 16.9. The molecule has 1 aromatic rings. The van der Waals surface area contributed by atoms with Crippen molar-refractivity contribution in [2.75, 3.05) is 19.6 Å². The SMILES string of the molecule is CCNC(=NCc1ccccc1OC(F)F)NC1CCN(C(=O)C(C)C)C1.I. The van der Waals surface area contributed by atoms with Crippen molar-refractivity contribution in [2.45, 2.75) is 46.4 Å². The molecule has 1 unspecified atom stereocenters. The van der Waals surface area contributed by atoms with Crippen molar-refractivity contribution < 1.29 is 18.3 Å². The first-order valence-corrected chi connectivity index (χ1v) is 9.27. The maximum atomic E-state index is 12.5. The third-order valence-electron chi connectivity index (χ3n) is 4.28. The first-order chi connectivity index (χ1) is 12.9. The van der Waals surface area contributed by atoms with Crippen LogP contribution >= 0.6 is 24.0 Å². The number of amides is 1. The number of hydrogen-bond acceptors (Lipinski definition) is 3. The van der Waals surface area contributed by atoms with Crippen LogP contribution in [0, 0.1) is 5.92 Å². The second-order valence-corrected chi connectivity index (χ2v) is 6.75. The number of aliphatic imine (C=N–C) groups is 1. The molecule has 1 heterocycles. The predicted octanol–water partition coefficient (Wildman–Crippen LogP) is 3.22. The van der Waals surface area contributed by atoms with Crippen molar-refractivity contribution in [3.8, 4) is 5.75 Å². The fourth-order valence-electron chi connectivity index (χ4n) is 2.97. The van der Waals surface area contributed by atoms with E-state index in [9.17, 15) is 13.6 Å². The summed E-state index contributed by atoms with van der Waals surface area (Å²) in [5, 5.41) is 6.48. The second kappa shape index (κ2) is 12.0. The van der Waals surface area contributed by atoms with Crippen LogP contribution in [0.15, 0.2) is 29.3 Å². The van der Waals surface area contributed by atoms with Gasteiger partial charge in [-0.3, -0.25) is 4.79 Å². The topological polar surface area (TPSA) is 66.0 Å². The van der Waals surface area contributed by atoms with Gasteiger partial charge in [0.25, 0.3) is 0 Å². The maximum absolute atomic E-state index is 12.5. The van der Waals surface area contributed by atoms with Gasteiger partial charge in [0.1, 0.15) is 5.75 Å². The zero-order valence-electron chi connectivity index (χ0n) is 16.5. The molecule has 28 heavy (non-hydrogen) atoms. The largest absolute Gasteiger partial charge is 0.434 e. The number of likely N-dealkylation sites (tertiary alicyclic amines) is 1. The van der Waals surface area contributed by atoms with E-state index in [2.05, 4.69) is 20.4 Å². The molecule has 0 aliphatic carbocycles. The monoisotopic (exact) mass is 510 g/mol. The van der Waals surface area contributed by atoms with Crippen molar-refractivity contribution in [1.82, 2.24) is 15.5 Å². The lowest BCUT2D eigenvalue weighted by Crippen LogP contribution is -2.45. The highest BCUT2D eigenvalue weighted by atomic mass is 127. The lowest BCUT2D eigenvalue weighted by atomic mass is 10.2. The van der Waals surface area contributed by atoms with E-state index in [-0.39, 0.29) is 54.1 Å². The highest BCUT2D eigenvalue weighted by Gasteiger charge is 2.27. The Kier molecular flexibility index (Phi) is 10.5. The van der Waals surface area contributed by atoms with Crippen molar-refractivity contribution in [1.29, 1.82) is 0 Å². The van der Waals surface area contributed by atoms with E-state index in [1.807, 2.05) is 25.7 Å². The minimum absolute atomic E-state index is 0. The standard InChI is InChI=1S/C19H28F2N4O2.HI/c1-4-22-19(24-15-9-10-25(12-15)17(26)13(2)3)23-11-14-7-5-6-8-16(14)27-18(20)21;/h5-8,13,15,18H,4,9-12H2,1-3H3,(H2,22,23,24);1H.